The summed E-state index contributed by atoms with van der Waals surface area (Å²) < 4.78 is 12.6. The Morgan fingerprint density at radius 3 is 2.48 bits per heavy atom. The molecule has 0 spiro atoms. The van der Waals surface area contributed by atoms with E-state index in [0.717, 1.165) is 22.9 Å². The molecule has 0 aliphatic carbocycles. The average Bonchev–Trinajstić information content (AvgIpc) is 2.92. The Hall–Kier alpha value is -2.08. The Bertz CT molecular complexity index is 597. The van der Waals surface area contributed by atoms with Gasteiger partial charge in [0.05, 0.1) is 20.3 Å². The monoisotopic (exact) mass is 290 g/mol. The summed E-state index contributed by atoms with van der Waals surface area (Å²) in [6.45, 7) is 4.15. The molecular weight excluding hydrogens is 268 g/mol. The Kier molecular flexibility index (Phi) is 4.80. The van der Waals surface area contributed by atoms with E-state index in [0.29, 0.717) is 0 Å². The minimum atomic E-state index is 0.0726. The van der Waals surface area contributed by atoms with Crippen LogP contribution in [-0.4, -0.2) is 29.0 Å². The molecular formula is C15H22N4O2. The molecule has 2 unspecified atom stereocenters. The zero-order valence-electron chi connectivity index (χ0n) is 13.1. The number of hydrogen-bond donors (Lipinski definition) is 1. The topological polar surface area (TPSA) is 61.2 Å². The summed E-state index contributed by atoms with van der Waals surface area (Å²) in [4.78, 5) is 0. The summed E-state index contributed by atoms with van der Waals surface area (Å²) in [5.74, 6) is 2.54. The van der Waals surface area contributed by atoms with E-state index >= 15 is 0 Å². The molecule has 0 fully saturated rings. The SMILES string of the molecule is COc1ccc(OC)c(C(C)NC(C)c2nncn2C)c1. The van der Waals surface area contributed by atoms with Crippen molar-refractivity contribution in [1.82, 2.24) is 20.1 Å². The fourth-order valence-electron chi connectivity index (χ4n) is 2.40. The number of hydrogen-bond acceptors (Lipinski definition) is 5. The van der Waals surface area contributed by atoms with E-state index in [1.165, 1.54) is 0 Å². The molecule has 2 rings (SSSR count). The van der Waals surface area contributed by atoms with Crippen molar-refractivity contribution in [1.29, 1.82) is 0 Å². The third-order valence-corrected chi connectivity index (χ3v) is 3.54. The highest BCUT2D eigenvalue weighted by molar-refractivity contribution is 5.42. The second-order valence-corrected chi connectivity index (χ2v) is 5.02. The van der Waals surface area contributed by atoms with Gasteiger partial charge in [0.15, 0.2) is 0 Å². The lowest BCUT2D eigenvalue weighted by Crippen LogP contribution is -2.25. The van der Waals surface area contributed by atoms with Gasteiger partial charge < -0.3 is 19.4 Å². The summed E-state index contributed by atoms with van der Waals surface area (Å²) in [7, 11) is 5.26. The van der Waals surface area contributed by atoms with Crippen molar-refractivity contribution in [2.45, 2.75) is 25.9 Å². The van der Waals surface area contributed by atoms with Gasteiger partial charge in [-0.05, 0) is 32.0 Å². The second kappa shape index (κ2) is 6.58. The predicted molar refractivity (Wildman–Crippen MR) is 80.5 cm³/mol. The Balaban J connectivity index is 2.19. The highest BCUT2D eigenvalue weighted by atomic mass is 16.5. The van der Waals surface area contributed by atoms with E-state index in [2.05, 4.69) is 29.4 Å². The molecule has 0 saturated heterocycles. The molecule has 2 atom stereocenters. The second-order valence-electron chi connectivity index (χ2n) is 5.02. The number of methoxy groups -OCH3 is 2. The molecule has 2 aromatic rings. The maximum Gasteiger partial charge on any atom is 0.149 e. The van der Waals surface area contributed by atoms with Crippen molar-refractivity contribution in [3.8, 4) is 11.5 Å². The minimum Gasteiger partial charge on any atom is -0.497 e. The number of nitrogens with zero attached hydrogens (tertiary/aromatic N) is 3. The Labute approximate surface area is 125 Å². The number of ether oxygens (including phenoxy) is 2. The van der Waals surface area contributed by atoms with E-state index in [-0.39, 0.29) is 12.1 Å². The fraction of sp³-hybridized carbons (Fsp3) is 0.467. The highest BCUT2D eigenvalue weighted by Gasteiger charge is 2.18. The van der Waals surface area contributed by atoms with Crippen LogP contribution in [0, 0.1) is 0 Å². The molecule has 6 heteroatoms. The van der Waals surface area contributed by atoms with Gasteiger partial charge in [-0.15, -0.1) is 10.2 Å². The molecule has 1 aromatic heterocycles. The van der Waals surface area contributed by atoms with Crippen LogP contribution < -0.4 is 14.8 Å². The average molecular weight is 290 g/mol. The van der Waals surface area contributed by atoms with Gasteiger partial charge >= 0.3 is 0 Å². The largest absolute Gasteiger partial charge is 0.497 e. The van der Waals surface area contributed by atoms with Gasteiger partial charge in [0.25, 0.3) is 0 Å². The maximum absolute atomic E-state index is 5.43. The van der Waals surface area contributed by atoms with Crippen LogP contribution in [0.1, 0.15) is 37.3 Å². The first-order chi connectivity index (χ1) is 10.1. The van der Waals surface area contributed by atoms with E-state index in [1.807, 2.05) is 29.8 Å². The molecule has 1 aromatic carbocycles. The lowest BCUT2D eigenvalue weighted by atomic mass is 10.1. The van der Waals surface area contributed by atoms with Crippen molar-refractivity contribution in [3.63, 3.8) is 0 Å². The zero-order valence-corrected chi connectivity index (χ0v) is 13.1. The summed E-state index contributed by atoms with van der Waals surface area (Å²) >= 11 is 0. The molecule has 114 valence electrons. The van der Waals surface area contributed by atoms with Gasteiger partial charge in [-0.1, -0.05) is 0 Å². The predicted octanol–water partition coefficient (Wildman–Crippen LogP) is 2.24. The normalized spacial score (nSPS) is 13.8. The summed E-state index contributed by atoms with van der Waals surface area (Å²) in [5.41, 5.74) is 1.05. The van der Waals surface area contributed by atoms with Crippen LogP contribution in [0.25, 0.3) is 0 Å². The van der Waals surface area contributed by atoms with E-state index in [9.17, 15) is 0 Å². The number of rotatable bonds is 6. The number of nitrogens with one attached hydrogen (secondary N) is 1. The van der Waals surface area contributed by atoms with Crippen LogP contribution in [0.15, 0.2) is 24.5 Å². The van der Waals surface area contributed by atoms with Gasteiger partial charge in [0, 0.05) is 18.7 Å². The van der Waals surface area contributed by atoms with Gasteiger partial charge in [0.2, 0.25) is 0 Å². The van der Waals surface area contributed by atoms with Crippen LogP contribution in [0.5, 0.6) is 11.5 Å². The summed E-state index contributed by atoms with van der Waals surface area (Å²) in [5, 5.41) is 11.6. The minimum absolute atomic E-state index is 0.0726. The van der Waals surface area contributed by atoms with Crippen molar-refractivity contribution in [2.24, 2.45) is 7.05 Å². The number of benzene rings is 1. The summed E-state index contributed by atoms with van der Waals surface area (Å²) in [6, 6.07) is 5.95. The number of aryl methyl sites for hydroxylation is 1. The molecule has 21 heavy (non-hydrogen) atoms. The van der Waals surface area contributed by atoms with Crippen molar-refractivity contribution in [2.75, 3.05) is 14.2 Å². The molecule has 0 bridgehead atoms. The maximum atomic E-state index is 5.43. The van der Waals surface area contributed by atoms with Crippen LogP contribution in [0.4, 0.5) is 0 Å². The smallest absolute Gasteiger partial charge is 0.149 e. The van der Waals surface area contributed by atoms with E-state index in [1.54, 1.807) is 20.5 Å². The van der Waals surface area contributed by atoms with Crippen LogP contribution >= 0.6 is 0 Å². The van der Waals surface area contributed by atoms with Crippen molar-refractivity contribution in [3.05, 3.63) is 35.9 Å². The van der Waals surface area contributed by atoms with Crippen LogP contribution in [-0.2, 0) is 7.05 Å². The third-order valence-electron chi connectivity index (χ3n) is 3.54. The lowest BCUT2D eigenvalue weighted by Gasteiger charge is -2.22. The van der Waals surface area contributed by atoms with Gasteiger partial charge in [0.1, 0.15) is 23.7 Å². The standard InChI is InChI=1S/C15H22N4O2/c1-10(17-11(2)15-18-16-9-19(15)3)13-8-12(20-4)6-7-14(13)21-5/h6-11,17H,1-5H3. The summed E-state index contributed by atoms with van der Waals surface area (Å²) in [6.07, 6.45) is 1.70. The molecule has 1 heterocycles. The molecule has 0 amide bonds. The van der Waals surface area contributed by atoms with Gasteiger partial charge in [-0.2, -0.15) is 0 Å². The fourth-order valence-corrected chi connectivity index (χ4v) is 2.40. The molecule has 0 saturated carbocycles. The van der Waals surface area contributed by atoms with Crippen LogP contribution in [0.3, 0.4) is 0 Å². The van der Waals surface area contributed by atoms with Crippen molar-refractivity contribution < 1.29 is 9.47 Å². The first-order valence-corrected chi connectivity index (χ1v) is 6.88. The molecule has 0 aliphatic rings. The Morgan fingerprint density at radius 1 is 1.14 bits per heavy atom. The van der Waals surface area contributed by atoms with Crippen molar-refractivity contribution >= 4 is 0 Å². The zero-order chi connectivity index (χ0) is 15.4. The van der Waals surface area contributed by atoms with E-state index in [4.69, 9.17) is 9.47 Å². The molecule has 0 radical (unpaired) electrons. The van der Waals surface area contributed by atoms with E-state index < -0.39 is 0 Å². The molecule has 1 N–H and O–H groups in total. The quantitative estimate of drug-likeness (QED) is 0.884. The molecule has 0 aliphatic heterocycles. The third kappa shape index (κ3) is 3.33. The lowest BCUT2D eigenvalue weighted by molar-refractivity contribution is 0.385. The first kappa shape index (κ1) is 15.3. The van der Waals surface area contributed by atoms with Gasteiger partial charge in [-0.3, -0.25) is 0 Å². The first-order valence-electron chi connectivity index (χ1n) is 6.88. The Morgan fingerprint density at radius 2 is 1.90 bits per heavy atom. The van der Waals surface area contributed by atoms with Crippen LogP contribution in [0.2, 0.25) is 0 Å². The highest BCUT2D eigenvalue weighted by Crippen LogP contribution is 2.30. The molecule has 6 nitrogen and oxygen atoms in total. The van der Waals surface area contributed by atoms with Gasteiger partial charge in [-0.25, -0.2) is 0 Å². The number of aromatic nitrogens is 3.